The lowest BCUT2D eigenvalue weighted by atomic mass is 9.98. The zero-order chi connectivity index (χ0) is 14.7. The van der Waals surface area contributed by atoms with Gasteiger partial charge in [0, 0.05) is 26.2 Å². The number of ether oxygens (including phenoxy) is 1. The van der Waals surface area contributed by atoms with E-state index in [4.69, 9.17) is 10.5 Å². The molecule has 1 aliphatic heterocycles. The smallest absolute Gasteiger partial charge is 0.260 e. The number of carbonyl (C=O) groups excluding carboxylic acids is 1. The maximum absolute atomic E-state index is 13.8. The highest BCUT2D eigenvalue weighted by molar-refractivity contribution is 5.97. The molecule has 3 N–H and O–H groups in total. The highest BCUT2D eigenvalue weighted by Crippen LogP contribution is 2.26. The Hall–Kier alpha value is -1.66. The summed E-state index contributed by atoms with van der Waals surface area (Å²) < 4.78 is 19.1. The van der Waals surface area contributed by atoms with E-state index in [1.807, 2.05) is 0 Å². The van der Waals surface area contributed by atoms with Crippen LogP contribution in [-0.4, -0.2) is 48.3 Å². The number of carbonyl (C=O) groups is 1. The quantitative estimate of drug-likeness (QED) is 0.870. The van der Waals surface area contributed by atoms with E-state index in [1.165, 1.54) is 17.0 Å². The van der Waals surface area contributed by atoms with Crippen molar-refractivity contribution >= 4 is 5.91 Å². The summed E-state index contributed by atoms with van der Waals surface area (Å²) in [4.78, 5) is 14.0. The molecule has 1 heterocycles. The summed E-state index contributed by atoms with van der Waals surface area (Å²) in [6, 6.07) is 3.61. The molecule has 1 aromatic rings. The Balaban J connectivity index is 2.24. The molecule has 0 radical (unpaired) electrons. The van der Waals surface area contributed by atoms with Gasteiger partial charge in [-0.1, -0.05) is 6.07 Å². The fourth-order valence-corrected chi connectivity index (χ4v) is 2.59. The van der Waals surface area contributed by atoms with Crippen molar-refractivity contribution in [1.29, 1.82) is 0 Å². The molecule has 1 amide bonds. The first kappa shape index (κ1) is 14.7. The minimum atomic E-state index is -0.723. The Kier molecular flexibility index (Phi) is 4.57. The standard InChI is InChI=1S/C14H19FN2O3/c1-20-10-5-6-17(9(7-10)8-16)14(19)13-11(15)3-2-4-12(13)18/h2-4,9-10,18H,5-8,16H2,1H3. The Labute approximate surface area is 117 Å². The zero-order valence-electron chi connectivity index (χ0n) is 11.4. The monoisotopic (exact) mass is 282 g/mol. The topological polar surface area (TPSA) is 75.8 Å². The third-order valence-electron chi connectivity index (χ3n) is 3.74. The molecular weight excluding hydrogens is 263 g/mol. The van der Waals surface area contributed by atoms with Crippen LogP contribution in [0.2, 0.25) is 0 Å². The summed E-state index contributed by atoms with van der Waals surface area (Å²) in [6.45, 7) is 0.716. The zero-order valence-corrected chi connectivity index (χ0v) is 11.4. The number of benzene rings is 1. The van der Waals surface area contributed by atoms with Crippen molar-refractivity contribution in [1.82, 2.24) is 4.90 Å². The van der Waals surface area contributed by atoms with Crippen molar-refractivity contribution in [2.75, 3.05) is 20.2 Å². The van der Waals surface area contributed by atoms with Gasteiger partial charge in [0.05, 0.1) is 6.10 Å². The van der Waals surface area contributed by atoms with E-state index in [2.05, 4.69) is 0 Å². The number of nitrogens with zero attached hydrogens (tertiary/aromatic N) is 1. The van der Waals surface area contributed by atoms with Gasteiger partial charge in [-0.15, -0.1) is 0 Å². The summed E-state index contributed by atoms with van der Waals surface area (Å²) in [5.74, 6) is -1.59. The normalized spacial score (nSPS) is 22.9. The molecule has 0 saturated carbocycles. The molecular formula is C14H19FN2O3. The molecule has 1 fully saturated rings. The summed E-state index contributed by atoms with van der Waals surface area (Å²) in [5, 5.41) is 9.71. The Morgan fingerprint density at radius 1 is 1.60 bits per heavy atom. The van der Waals surface area contributed by atoms with Crippen LogP contribution in [0.15, 0.2) is 18.2 Å². The average Bonchev–Trinajstić information content (AvgIpc) is 2.46. The van der Waals surface area contributed by atoms with Crippen LogP contribution in [0.1, 0.15) is 23.2 Å². The lowest BCUT2D eigenvalue weighted by molar-refractivity contribution is 0.0135. The van der Waals surface area contributed by atoms with Crippen molar-refractivity contribution in [3.63, 3.8) is 0 Å². The number of likely N-dealkylation sites (tertiary alicyclic amines) is 1. The summed E-state index contributed by atoms with van der Waals surface area (Å²) >= 11 is 0. The number of phenols is 1. The van der Waals surface area contributed by atoms with Gasteiger partial charge < -0.3 is 20.5 Å². The van der Waals surface area contributed by atoms with Gasteiger partial charge in [0.15, 0.2) is 0 Å². The number of phenolic OH excluding ortho intramolecular Hbond substituents is 1. The molecule has 2 unspecified atom stereocenters. The Morgan fingerprint density at radius 3 is 2.95 bits per heavy atom. The minimum Gasteiger partial charge on any atom is -0.507 e. The van der Waals surface area contributed by atoms with Crippen molar-refractivity contribution in [2.24, 2.45) is 5.73 Å². The number of amides is 1. The van der Waals surface area contributed by atoms with Crippen LogP contribution >= 0.6 is 0 Å². The Bertz CT molecular complexity index is 475. The highest BCUT2D eigenvalue weighted by Gasteiger charge is 2.33. The molecule has 1 aromatic carbocycles. The lowest BCUT2D eigenvalue weighted by Crippen LogP contribution is -2.51. The molecule has 0 aromatic heterocycles. The summed E-state index contributed by atoms with van der Waals surface area (Å²) in [6.07, 6.45) is 1.35. The molecule has 0 spiro atoms. The van der Waals surface area contributed by atoms with E-state index in [-0.39, 0.29) is 30.0 Å². The second-order valence-corrected chi connectivity index (χ2v) is 4.90. The van der Waals surface area contributed by atoms with Gasteiger partial charge in [0.1, 0.15) is 17.1 Å². The van der Waals surface area contributed by atoms with Gasteiger partial charge in [0.25, 0.3) is 5.91 Å². The van der Waals surface area contributed by atoms with E-state index in [0.29, 0.717) is 19.4 Å². The summed E-state index contributed by atoms with van der Waals surface area (Å²) in [5.41, 5.74) is 5.41. The first-order valence-electron chi connectivity index (χ1n) is 6.59. The lowest BCUT2D eigenvalue weighted by Gasteiger charge is -2.38. The fraction of sp³-hybridized carbons (Fsp3) is 0.500. The van der Waals surface area contributed by atoms with Crippen LogP contribution < -0.4 is 5.73 Å². The van der Waals surface area contributed by atoms with Crippen LogP contribution in [0.4, 0.5) is 4.39 Å². The van der Waals surface area contributed by atoms with Gasteiger partial charge in [-0.25, -0.2) is 4.39 Å². The van der Waals surface area contributed by atoms with Gasteiger partial charge in [-0.3, -0.25) is 4.79 Å². The molecule has 0 bridgehead atoms. The molecule has 0 aliphatic carbocycles. The third kappa shape index (κ3) is 2.76. The van der Waals surface area contributed by atoms with E-state index >= 15 is 0 Å². The second kappa shape index (κ2) is 6.19. The summed E-state index contributed by atoms with van der Waals surface area (Å²) in [7, 11) is 1.62. The molecule has 110 valence electrons. The molecule has 6 heteroatoms. The van der Waals surface area contributed by atoms with Gasteiger partial charge in [0.2, 0.25) is 0 Å². The SMILES string of the molecule is COC1CCN(C(=O)c2c(O)cccc2F)C(CN)C1. The van der Waals surface area contributed by atoms with Gasteiger partial charge in [-0.05, 0) is 25.0 Å². The first-order chi connectivity index (χ1) is 9.58. The third-order valence-corrected chi connectivity index (χ3v) is 3.74. The number of rotatable bonds is 3. The van der Waals surface area contributed by atoms with Crippen molar-refractivity contribution in [3.8, 4) is 5.75 Å². The van der Waals surface area contributed by atoms with E-state index in [1.54, 1.807) is 7.11 Å². The number of nitrogens with two attached hydrogens (primary N) is 1. The first-order valence-corrected chi connectivity index (χ1v) is 6.59. The predicted octanol–water partition coefficient (Wildman–Crippen LogP) is 1.11. The number of hydrogen-bond donors (Lipinski definition) is 2. The van der Waals surface area contributed by atoms with Crippen molar-refractivity contribution in [2.45, 2.75) is 25.0 Å². The van der Waals surface area contributed by atoms with Crippen molar-refractivity contribution < 1.29 is 19.0 Å². The second-order valence-electron chi connectivity index (χ2n) is 4.90. The minimum absolute atomic E-state index is 0.0572. The molecule has 20 heavy (non-hydrogen) atoms. The molecule has 1 saturated heterocycles. The molecule has 1 aliphatic rings. The molecule has 5 nitrogen and oxygen atoms in total. The van der Waals surface area contributed by atoms with Gasteiger partial charge in [-0.2, -0.15) is 0 Å². The van der Waals surface area contributed by atoms with Crippen LogP contribution in [0.25, 0.3) is 0 Å². The van der Waals surface area contributed by atoms with E-state index in [9.17, 15) is 14.3 Å². The van der Waals surface area contributed by atoms with Gasteiger partial charge >= 0.3 is 0 Å². The fourth-order valence-electron chi connectivity index (χ4n) is 2.59. The van der Waals surface area contributed by atoms with Crippen LogP contribution in [0, 0.1) is 5.82 Å². The van der Waals surface area contributed by atoms with Crippen LogP contribution in [-0.2, 0) is 4.74 Å². The highest BCUT2D eigenvalue weighted by atomic mass is 19.1. The van der Waals surface area contributed by atoms with E-state index in [0.717, 1.165) is 6.07 Å². The maximum Gasteiger partial charge on any atom is 0.260 e. The number of halogens is 1. The van der Waals surface area contributed by atoms with Crippen LogP contribution in [0.5, 0.6) is 5.75 Å². The number of hydrogen-bond acceptors (Lipinski definition) is 4. The number of methoxy groups -OCH3 is 1. The van der Waals surface area contributed by atoms with E-state index < -0.39 is 11.7 Å². The number of piperidine rings is 1. The predicted molar refractivity (Wildman–Crippen MR) is 72.0 cm³/mol. The largest absolute Gasteiger partial charge is 0.507 e. The van der Waals surface area contributed by atoms with Crippen LogP contribution in [0.3, 0.4) is 0 Å². The maximum atomic E-state index is 13.8. The molecule has 2 rings (SSSR count). The average molecular weight is 282 g/mol. The van der Waals surface area contributed by atoms with Crippen molar-refractivity contribution in [3.05, 3.63) is 29.6 Å². The number of aromatic hydroxyl groups is 1. The molecule has 2 atom stereocenters. The Morgan fingerprint density at radius 2 is 2.35 bits per heavy atom.